The van der Waals surface area contributed by atoms with Crippen molar-refractivity contribution in [3.8, 4) is 0 Å². The average molecular weight is 395 g/mol. The molecule has 0 unspecified atom stereocenters. The summed E-state index contributed by atoms with van der Waals surface area (Å²) in [4.78, 5) is 25.7. The molecule has 2 amide bonds. The minimum absolute atomic E-state index is 0.141. The van der Waals surface area contributed by atoms with E-state index in [1.54, 1.807) is 20.8 Å². The highest BCUT2D eigenvalue weighted by Crippen LogP contribution is 2.24. The maximum absolute atomic E-state index is 12.6. The molecule has 0 atom stereocenters. The van der Waals surface area contributed by atoms with E-state index in [4.69, 9.17) is 9.47 Å². The number of benzene rings is 1. The normalized spacial score (nSPS) is 11.7. The van der Waals surface area contributed by atoms with Gasteiger partial charge in [0.05, 0.1) is 18.8 Å². The molecule has 0 aliphatic rings. The lowest BCUT2D eigenvalue weighted by molar-refractivity contribution is 0.0525. The van der Waals surface area contributed by atoms with Gasteiger partial charge in [0.2, 0.25) is 0 Å². The molecule has 0 heterocycles. The average Bonchev–Trinajstić information content (AvgIpc) is 2.54. The van der Waals surface area contributed by atoms with Crippen molar-refractivity contribution in [1.82, 2.24) is 5.32 Å². The third-order valence-corrected chi connectivity index (χ3v) is 3.51. The molecule has 1 rings (SSSR count). The van der Waals surface area contributed by atoms with E-state index in [1.165, 1.54) is 4.90 Å². The minimum Gasteiger partial charge on any atom is -0.444 e. The number of anilines is 1. The number of alkyl carbamates (subject to hydrolysis) is 1. The highest BCUT2D eigenvalue weighted by atomic mass is 16.6. The largest absolute Gasteiger partial charge is 0.444 e. The summed E-state index contributed by atoms with van der Waals surface area (Å²) in [6, 6.07) is 7.49. The summed E-state index contributed by atoms with van der Waals surface area (Å²) >= 11 is 0. The summed E-state index contributed by atoms with van der Waals surface area (Å²) < 4.78 is 10.7. The molecule has 2 N–H and O–H groups in total. The number of ether oxygens (including phenoxy) is 2. The molecule has 28 heavy (non-hydrogen) atoms. The second kappa shape index (κ2) is 10.3. The van der Waals surface area contributed by atoms with Gasteiger partial charge in [0, 0.05) is 6.54 Å². The van der Waals surface area contributed by atoms with E-state index < -0.39 is 23.4 Å². The standard InChI is InChI=1S/C21H34N2O5/c1-20(2,3)27-18(25)22-13-9-11-16-10-7-8-12-17(16)23(14-15-24)19(26)28-21(4,5)6/h7-8,10,12,24H,9,11,13-15H2,1-6H3,(H,22,25). The maximum Gasteiger partial charge on any atom is 0.414 e. The van der Waals surface area contributed by atoms with Gasteiger partial charge in [-0.1, -0.05) is 18.2 Å². The number of carbonyl (C=O) groups is 2. The van der Waals surface area contributed by atoms with Crippen molar-refractivity contribution in [2.75, 3.05) is 24.6 Å². The number of hydrogen-bond acceptors (Lipinski definition) is 5. The fourth-order valence-electron chi connectivity index (χ4n) is 2.50. The van der Waals surface area contributed by atoms with Crippen LogP contribution in [-0.2, 0) is 15.9 Å². The van der Waals surface area contributed by atoms with Crippen LogP contribution in [0.2, 0.25) is 0 Å². The van der Waals surface area contributed by atoms with Crippen LogP contribution in [-0.4, -0.2) is 48.2 Å². The van der Waals surface area contributed by atoms with Gasteiger partial charge in [-0.05, 0) is 66.0 Å². The molecule has 1 aromatic rings. The van der Waals surface area contributed by atoms with Crippen LogP contribution in [0, 0.1) is 0 Å². The molecular weight excluding hydrogens is 360 g/mol. The maximum atomic E-state index is 12.6. The Bertz CT molecular complexity index is 647. The number of amides is 2. The van der Waals surface area contributed by atoms with E-state index in [9.17, 15) is 14.7 Å². The predicted molar refractivity (Wildman–Crippen MR) is 110 cm³/mol. The second-order valence-corrected chi connectivity index (χ2v) is 8.52. The summed E-state index contributed by atoms with van der Waals surface area (Å²) in [5.41, 5.74) is 0.474. The number of nitrogens with zero attached hydrogens (tertiary/aromatic N) is 1. The van der Waals surface area contributed by atoms with E-state index >= 15 is 0 Å². The van der Waals surface area contributed by atoms with E-state index in [2.05, 4.69) is 5.32 Å². The molecular formula is C21H34N2O5. The van der Waals surface area contributed by atoms with Gasteiger partial charge in [-0.15, -0.1) is 0 Å². The molecule has 0 bridgehead atoms. The van der Waals surface area contributed by atoms with E-state index in [1.807, 2.05) is 45.0 Å². The van der Waals surface area contributed by atoms with Crippen LogP contribution in [0.3, 0.4) is 0 Å². The van der Waals surface area contributed by atoms with Crippen LogP contribution in [0.4, 0.5) is 15.3 Å². The van der Waals surface area contributed by atoms with Crippen molar-refractivity contribution < 1.29 is 24.2 Å². The van der Waals surface area contributed by atoms with Gasteiger partial charge in [-0.2, -0.15) is 0 Å². The van der Waals surface area contributed by atoms with Gasteiger partial charge in [0.25, 0.3) is 0 Å². The number of carbonyl (C=O) groups excluding carboxylic acids is 2. The third kappa shape index (κ3) is 9.08. The number of nitrogens with one attached hydrogen (secondary N) is 1. The van der Waals surface area contributed by atoms with Gasteiger partial charge in [0.15, 0.2) is 0 Å². The molecule has 7 nitrogen and oxygen atoms in total. The summed E-state index contributed by atoms with van der Waals surface area (Å²) in [5.74, 6) is 0. The Balaban J connectivity index is 2.76. The zero-order chi connectivity index (χ0) is 21.4. The van der Waals surface area contributed by atoms with Gasteiger partial charge in [0.1, 0.15) is 11.2 Å². The Morgan fingerprint density at radius 2 is 1.64 bits per heavy atom. The zero-order valence-corrected chi connectivity index (χ0v) is 17.9. The van der Waals surface area contributed by atoms with Crippen molar-refractivity contribution in [3.05, 3.63) is 29.8 Å². The molecule has 1 aromatic carbocycles. The molecule has 158 valence electrons. The Hall–Kier alpha value is -2.28. The molecule has 0 aliphatic carbocycles. The SMILES string of the molecule is CC(C)(C)OC(=O)NCCCc1ccccc1N(CCO)C(=O)OC(C)(C)C. The van der Waals surface area contributed by atoms with Crippen LogP contribution < -0.4 is 10.2 Å². The van der Waals surface area contributed by atoms with Gasteiger partial charge in [-0.3, -0.25) is 4.90 Å². The number of rotatable bonds is 7. The smallest absolute Gasteiger partial charge is 0.414 e. The first kappa shape index (κ1) is 23.8. The highest BCUT2D eigenvalue weighted by molar-refractivity contribution is 5.89. The van der Waals surface area contributed by atoms with E-state index in [-0.39, 0.29) is 13.2 Å². The number of para-hydroxylation sites is 1. The molecule has 0 radical (unpaired) electrons. The highest BCUT2D eigenvalue weighted by Gasteiger charge is 2.24. The zero-order valence-electron chi connectivity index (χ0n) is 17.9. The van der Waals surface area contributed by atoms with Crippen LogP contribution in [0.15, 0.2) is 24.3 Å². The van der Waals surface area contributed by atoms with Crippen LogP contribution >= 0.6 is 0 Å². The first-order chi connectivity index (χ1) is 12.9. The second-order valence-electron chi connectivity index (χ2n) is 8.52. The van der Waals surface area contributed by atoms with Gasteiger partial charge < -0.3 is 19.9 Å². The number of aryl methyl sites for hydroxylation is 1. The molecule has 0 aliphatic heterocycles. The van der Waals surface area contributed by atoms with Crippen molar-refractivity contribution in [2.24, 2.45) is 0 Å². The van der Waals surface area contributed by atoms with Crippen molar-refractivity contribution in [1.29, 1.82) is 0 Å². The molecule has 0 fully saturated rings. The first-order valence-corrected chi connectivity index (χ1v) is 9.59. The van der Waals surface area contributed by atoms with Gasteiger partial charge in [-0.25, -0.2) is 9.59 Å². The Morgan fingerprint density at radius 3 is 2.21 bits per heavy atom. The monoisotopic (exact) mass is 394 g/mol. The van der Waals surface area contributed by atoms with Crippen LogP contribution in [0.1, 0.15) is 53.5 Å². The number of aliphatic hydroxyl groups is 1. The number of hydrogen-bond donors (Lipinski definition) is 2. The summed E-state index contributed by atoms with van der Waals surface area (Å²) in [6.07, 6.45) is 0.381. The predicted octanol–water partition coefficient (Wildman–Crippen LogP) is 3.88. The molecule has 0 aromatic heterocycles. The lowest BCUT2D eigenvalue weighted by Crippen LogP contribution is -2.39. The fourth-order valence-corrected chi connectivity index (χ4v) is 2.50. The Kier molecular flexibility index (Phi) is 8.75. The quantitative estimate of drug-likeness (QED) is 0.685. The molecule has 0 saturated heterocycles. The fraction of sp³-hybridized carbons (Fsp3) is 0.619. The number of aliphatic hydroxyl groups excluding tert-OH is 1. The summed E-state index contributed by atoms with van der Waals surface area (Å²) in [7, 11) is 0. The van der Waals surface area contributed by atoms with Crippen molar-refractivity contribution in [2.45, 2.75) is 65.6 Å². The Morgan fingerprint density at radius 1 is 1.04 bits per heavy atom. The first-order valence-electron chi connectivity index (χ1n) is 9.59. The van der Waals surface area contributed by atoms with Crippen molar-refractivity contribution >= 4 is 17.9 Å². The topological polar surface area (TPSA) is 88.1 Å². The van der Waals surface area contributed by atoms with Crippen LogP contribution in [0.25, 0.3) is 0 Å². The lowest BCUT2D eigenvalue weighted by Gasteiger charge is -2.28. The summed E-state index contributed by atoms with van der Waals surface area (Å²) in [5, 5.41) is 12.1. The van der Waals surface area contributed by atoms with Gasteiger partial charge >= 0.3 is 12.2 Å². The third-order valence-electron chi connectivity index (χ3n) is 3.51. The molecule has 0 spiro atoms. The van der Waals surface area contributed by atoms with E-state index in [0.717, 1.165) is 5.56 Å². The molecule has 0 saturated carbocycles. The van der Waals surface area contributed by atoms with Crippen LogP contribution in [0.5, 0.6) is 0 Å². The van der Waals surface area contributed by atoms with E-state index in [0.29, 0.717) is 25.1 Å². The lowest BCUT2D eigenvalue weighted by atomic mass is 10.1. The summed E-state index contributed by atoms with van der Waals surface area (Å²) in [6.45, 7) is 11.3. The minimum atomic E-state index is -0.628. The van der Waals surface area contributed by atoms with Crippen molar-refractivity contribution in [3.63, 3.8) is 0 Å². The Labute approximate surface area is 168 Å². The molecule has 7 heteroatoms.